The zero-order valence-corrected chi connectivity index (χ0v) is 11.9. The summed E-state index contributed by atoms with van der Waals surface area (Å²) in [6.07, 6.45) is 5.04. The SMILES string of the molecule is CNc1ncc(Br)cc1C(=O)NCc1ccncc1. The molecular formula is C13H13BrN4O. The van der Waals surface area contributed by atoms with E-state index in [1.54, 1.807) is 31.7 Å². The van der Waals surface area contributed by atoms with Gasteiger partial charge in [0.2, 0.25) is 0 Å². The van der Waals surface area contributed by atoms with Gasteiger partial charge in [0.1, 0.15) is 5.82 Å². The van der Waals surface area contributed by atoms with Gasteiger partial charge < -0.3 is 10.6 Å². The summed E-state index contributed by atoms with van der Waals surface area (Å²) in [4.78, 5) is 20.2. The van der Waals surface area contributed by atoms with E-state index in [4.69, 9.17) is 0 Å². The maximum Gasteiger partial charge on any atom is 0.255 e. The molecule has 2 rings (SSSR count). The Labute approximate surface area is 119 Å². The quantitative estimate of drug-likeness (QED) is 0.906. The Balaban J connectivity index is 2.10. The largest absolute Gasteiger partial charge is 0.372 e. The van der Waals surface area contributed by atoms with Crippen LogP contribution >= 0.6 is 15.9 Å². The van der Waals surface area contributed by atoms with Gasteiger partial charge in [-0.2, -0.15) is 0 Å². The summed E-state index contributed by atoms with van der Waals surface area (Å²) in [5.74, 6) is 0.380. The van der Waals surface area contributed by atoms with Crippen LogP contribution in [0.1, 0.15) is 15.9 Å². The third kappa shape index (κ3) is 3.51. The Kier molecular flexibility index (Phi) is 4.46. The minimum Gasteiger partial charge on any atom is -0.372 e. The number of carbonyl (C=O) groups excluding carboxylic acids is 1. The Morgan fingerprint density at radius 1 is 1.37 bits per heavy atom. The molecular weight excluding hydrogens is 308 g/mol. The highest BCUT2D eigenvalue weighted by Crippen LogP contribution is 2.17. The summed E-state index contributed by atoms with van der Waals surface area (Å²) in [6.45, 7) is 0.455. The van der Waals surface area contributed by atoms with Crippen LogP contribution in [0.15, 0.2) is 41.3 Å². The van der Waals surface area contributed by atoms with Crippen molar-refractivity contribution < 1.29 is 4.79 Å². The lowest BCUT2D eigenvalue weighted by molar-refractivity contribution is 0.0951. The number of pyridine rings is 2. The van der Waals surface area contributed by atoms with Crippen LogP contribution in [-0.4, -0.2) is 22.9 Å². The molecule has 0 unspecified atom stereocenters. The molecule has 0 spiro atoms. The van der Waals surface area contributed by atoms with Crippen molar-refractivity contribution in [1.29, 1.82) is 0 Å². The number of halogens is 1. The fraction of sp³-hybridized carbons (Fsp3) is 0.154. The minimum absolute atomic E-state index is 0.171. The average Bonchev–Trinajstić information content (AvgIpc) is 2.46. The smallest absolute Gasteiger partial charge is 0.255 e. The summed E-state index contributed by atoms with van der Waals surface area (Å²) in [5, 5.41) is 5.75. The van der Waals surface area contributed by atoms with Crippen LogP contribution in [0, 0.1) is 0 Å². The first kappa shape index (κ1) is 13.5. The van der Waals surface area contributed by atoms with E-state index < -0.39 is 0 Å². The molecule has 0 aliphatic heterocycles. The Morgan fingerprint density at radius 3 is 2.79 bits per heavy atom. The summed E-state index contributed by atoms with van der Waals surface area (Å²) in [5.41, 5.74) is 1.50. The molecule has 0 aliphatic rings. The number of hydrogen-bond acceptors (Lipinski definition) is 4. The normalized spacial score (nSPS) is 10.0. The number of rotatable bonds is 4. The van der Waals surface area contributed by atoms with Crippen molar-refractivity contribution in [3.63, 3.8) is 0 Å². The second-order valence-corrected chi connectivity index (χ2v) is 4.75. The van der Waals surface area contributed by atoms with Crippen LogP contribution < -0.4 is 10.6 Å². The fourth-order valence-electron chi connectivity index (χ4n) is 1.59. The van der Waals surface area contributed by atoms with Crippen molar-refractivity contribution in [3.8, 4) is 0 Å². The number of anilines is 1. The van der Waals surface area contributed by atoms with E-state index in [0.717, 1.165) is 10.0 Å². The Morgan fingerprint density at radius 2 is 2.11 bits per heavy atom. The molecule has 0 radical (unpaired) electrons. The number of carbonyl (C=O) groups is 1. The van der Waals surface area contributed by atoms with E-state index in [0.29, 0.717) is 17.9 Å². The first-order chi connectivity index (χ1) is 9.20. The molecule has 98 valence electrons. The van der Waals surface area contributed by atoms with Crippen LogP contribution in [-0.2, 0) is 6.54 Å². The van der Waals surface area contributed by atoms with Crippen molar-refractivity contribution >= 4 is 27.7 Å². The summed E-state index contributed by atoms with van der Waals surface area (Å²) in [6, 6.07) is 5.46. The van der Waals surface area contributed by atoms with E-state index in [9.17, 15) is 4.79 Å². The van der Waals surface area contributed by atoms with E-state index in [-0.39, 0.29) is 5.91 Å². The molecule has 0 atom stereocenters. The standard InChI is InChI=1S/C13H13BrN4O/c1-15-12-11(6-10(14)8-17-12)13(19)18-7-9-2-4-16-5-3-9/h2-6,8H,7H2,1H3,(H,15,17)(H,18,19). The van der Waals surface area contributed by atoms with Crippen molar-refractivity contribution in [2.24, 2.45) is 0 Å². The first-order valence-corrected chi connectivity index (χ1v) is 6.50. The number of hydrogen-bond donors (Lipinski definition) is 2. The summed E-state index contributed by atoms with van der Waals surface area (Å²) >= 11 is 3.31. The predicted octanol–water partition coefficient (Wildman–Crippen LogP) is 2.21. The zero-order chi connectivity index (χ0) is 13.7. The van der Waals surface area contributed by atoms with Gasteiger partial charge in [-0.3, -0.25) is 9.78 Å². The molecule has 2 aromatic rings. The number of nitrogens with one attached hydrogen (secondary N) is 2. The van der Waals surface area contributed by atoms with E-state index in [1.165, 1.54) is 0 Å². The lowest BCUT2D eigenvalue weighted by Gasteiger charge is -2.09. The van der Waals surface area contributed by atoms with Gasteiger partial charge in [-0.05, 0) is 39.7 Å². The Bertz CT molecular complexity index is 574. The molecule has 2 aromatic heterocycles. The van der Waals surface area contributed by atoms with Crippen molar-refractivity contribution in [2.75, 3.05) is 12.4 Å². The molecule has 19 heavy (non-hydrogen) atoms. The van der Waals surface area contributed by atoms with E-state index in [1.807, 2.05) is 12.1 Å². The van der Waals surface area contributed by atoms with Crippen LogP contribution in [0.25, 0.3) is 0 Å². The zero-order valence-electron chi connectivity index (χ0n) is 10.4. The summed E-state index contributed by atoms with van der Waals surface area (Å²) in [7, 11) is 1.73. The van der Waals surface area contributed by atoms with Gasteiger partial charge in [-0.25, -0.2) is 4.98 Å². The molecule has 0 bridgehead atoms. The van der Waals surface area contributed by atoms with Crippen molar-refractivity contribution in [3.05, 3.63) is 52.4 Å². The molecule has 2 heterocycles. The van der Waals surface area contributed by atoms with Gasteiger partial charge in [-0.1, -0.05) is 0 Å². The predicted molar refractivity (Wildman–Crippen MR) is 76.9 cm³/mol. The second kappa shape index (κ2) is 6.29. The number of nitrogens with zero attached hydrogens (tertiary/aromatic N) is 2. The third-order valence-corrected chi connectivity index (χ3v) is 2.97. The van der Waals surface area contributed by atoms with E-state index >= 15 is 0 Å². The number of amides is 1. The van der Waals surface area contributed by atoms with Gasteiger partial charge in [0.25, 0.3) is 5.91 Å². The monoisotopic (exact) mass is 320 g/mol. The maximum absolute atomic E-state index is 12.1. The molecule has 5 nitrogen and oxygen atoms in total. The number of aromatic nitrogens is 2. The highest BCUT2D eigenvalue weighted by molar-refractivity contribution is 9.10. The first-order valence-electron chi connectivity index (χ1n) is 5.71. The average molecular weight is 321 g/mol. The van der Waals surface area contributed by atoms with Crippen molar-refractivity contribution in [1.82, 2.24) is 15.3 Å². The lowest BCUT2D eigenvalue weighted by Crippen LogP contribution is -2.24. The summed E-state index contributed by atoms with van der Waals surface area (Å²) < 4.78 is 0.764. The molecule has 2 N–H and O–H groups in total. The van der Waals surface area contributed by atoms with Crippen LogP contribution in [0.2, 0.25) is 0 Å². The van der Waals surface area contributed by atoms with Gasteiger partial charge >= 0.3 is 0 Å². The highest BCUT2D eigenvalue weighted by atomic mass is 79.9. The molecule has 0 fully saturated rings. The fourth-order valence-corrected chi connectivity index (χ4v) is 1.92. The molecule has 0 aliphatic carbocycles. The molecule has 1 amide bonds. The van der Waals surface area contributed by atoms with E-state index in [2.05, 4.69) is 36.5 Å². The molecule has 0 aromatic carbocycles. The molecule has 6 heteroatoms. The van der Waals surface area contributed by atoms with Gasteiger partial charge in [-0.15, -0.1) is 0 Å². The molecule has 0 saturated heterocycles. The second-order valence-electron chi connectivity index (χ2n) is 3.84. The van der Waals surface area contributed by atoms with Crippen LogP contribution in [0.3, 0.4) is 0 Å². The van der Waals surface area contributed by atoms with Crippen molar-refractivity contribution in [2.45, 2.75) is 6.54 Å². The lowest BCUT2D eigenvalue weighted by atomic mass is 10.2. The Hall–Kier alpha value is -1.95. The topological polar surface area (TPSA) is 66.9 Å². The maximum atomic E-state index is 12.1. The van der Waals surface area contributed by atoms with Gasteiger partial charge in [0.15, 0.2) is 0 Å². The molecule has 0 saturated carbocycles. The minimum atomic E-state index is -0.171. The van der Waals surface area contributed by atoms with Crippen LogP contribution in [0.4, 0.5) is 5.82 Å². The van der Waals surface area contributed by atoms with Gasteiger partial charge in [0, 0.05) is 36.7 Å². The van der Waals surface area contributed by atoms with Gasteiger partial charge in [0.05, 0.1) is 5.56 Å². The van der Waals surface area contributed by atoms with Crippen LogP contribution in [0.5, 0.6) is 0 Å². The third-order valence-electron chi connectivity index (χ3n) is 2.54. The highest BCUT2D eigenvalue weighted by Gasteiger charge is 2.12.